The third kappa shape index (κ3) is 3.65. The Kier molecular flexibility index (Phi) is 5.43. The van der Waals surface area contributed by atoms with Gasteiger partial charge in [0.1, 0.15) is 17.1 Å². The maximum Gasteiger partial charge on any atom is 0.344 e. The van der Waals surface area contributed by atoms with Gasteiger partial charge < -0.3 is 19.2 Å². The van der Waals surface area contributed by atoms with Crippen LogP contribution < -0.4 is 10.2 Å². The summed E-state index contributed by atoms with van der Waals surface area (Å²) >= 11 is 5.82. The first-order valence-electron chi connectivity index (χ1n) is 7.81. The van der Waals surface area contributed by atoms with Gasteiger partial charge >= 0.3 is 5.97 Å². The van der Waals surface area contributed by atoms with Crippen molar-refractivity contribution in [3.63, 3.8) is 0 Å². The highest BCUT2D eigenvalue weighted by Crippen LogP contribution is 2.27. The molecule has 1 heterocycles. The standard InChI is InChI=1S/C19H15ClFNO5/c1-25-9-27-11-5-3-10(4-6-11)17-16(19(24)26-2)18(23)12-7-14(21)13(20)8-15(12)22-17/h3-8H,9H2,1-2H3,(H,22,23). The van der Waals surface area contributed by atoms with E-state index in [1.54, 1.807) is 24.3 Å². The van der Waals surface area contributed by atoms with Crippen LogP contribution in [0, 0.1) is 5.82 Å². The lowest BCUT2D eigenvalue weighted by molar-refractivity contribution is 0.0511. The summed E-state index contributed by atoms with van der Waals surface area (Å²) in [6.45, 7) is 0.0869. The molecule has 2 aromatic carbocycles. The molecule has 0 atom stereocenters. The SMILES string of the molecule is COCOc1ccc(-c2[nH]c3cc(Cl)c(F)cc3c(=O)c2C(=O)OC)cc1. The predicted octanol–water partition coefficient (Wildman–Crippen LogP) is 3.76. The Labute approximate surface area is 158 Å². The molecule has 0 amide bonds. The van der Waals surface area contributed by atoms with Crippen molar-refractivity contribution in [2.45, 2.75) is 0 Å². The number of rotatable bonds is 5. The summed E-state index contributed by atoms with van der Waals surface area (Å²) < 4.78 is 28.7. The van der Waals surface area contributed by atoms with Gasteiger partial charge in [0.2, 0.25) is 5.43 Å². The second kappa shape index (κ2) is 7.77. The number of hydrogen-bond donors (Lipinski definition) is 1. The van der Waals surface area contributed by atoms with Crippen molar-refractivity contribution < 1.29 is 23.4 Å². The van der Waals surface area contributed by atoms with Gasteiger partial charge in [-0.15, -0.1) is 0 Å². The van der Waals surface area contributed by atoms with Gasteiger partial charge in [-0.2, -0.15) is 0 Å². The molecule has 0 fully saturated rings. The average Bonchev–Trinajstić information content (AvgIpc) is 2.67. The zero-order valence-corrected chi connectivity index (χ0v) is 15.2. The molecule has 6 nitrogen and oxygen atoms in total. The van der Waals surface area contributed by atoms with Crippen molar-refractivity contribution in [3.8, 4) is 17.0 Å². The molecule has 1 aromatic heterocycles. The summed E-state index contributed by atoms with van der Waals surface area (Å²) in [5, 5.41) is -0.140. The van der Waals surface area contributed by atoms with Crippen LogP contribution in [0.2, 0.25) is 5.02 Å². The van der Waals surface area contributed by atoms with Crippen LogP contribution in [0.25, 0.3) is 22.2 Å². The first kappa shape index (κ1) is 18.9. The van der Waals surface area contributed by atoms with Crippen LogP contribution in [-0.2, 0) is 9.47 Å². The smallest absolute Gasteiger partial charge is 0.344 e. The number of nitrogens with one attached hydrogen (secondary N) is 1. The first-order valence-corrected chi connectivity index (χ1v) is 8.19. The molecule has 0 aliphatic rings. The van der Waals surface area contributed by atoms with Crippen LogP contribution in [-0.4, -0.2) is 32.0 Å². The molecule has 0 saturated carbocycles. The lowest BCUT2D eigenvalue weighted by Crippen LogP contribution is -2.19. The fraction of sp³-hybridized carbons (Fsp3) is 0.158. The Bertz CT molecular complexity index is 1060. The number of benzene rings is 2. The molecule has 0 spiro atoms. The summed E-state index contributed by atoms with van der Waals surface area (Å²) in [5.74, 6) is -1.03. The second-order valence-electron chi connectivity index (χ2n) is 5.58. The van der Waals surface area contributed by atoms with Crippen LogP contribution in [0.3, 0.4) is 0 Å². The molecule has 0 bridgehead atoms. The Hall–Kier alpha value is -2.90. The maximum absolute atomic E-state index is 13.8. The number of hydrogen-bond acceptors (Lipinski definition) is 5. The quantitative estimate of drug-likeness (QED) is 0.529. The van der Waals surface area contributed by atoms with Crippen molar-refractivity contribution in [2.24, 2.45) is 0 Å². The molecule has 1 N–H and O–H groups in total. The van der Waals surface area contributed by atoms with Crippen molar-refractivity contribution >= 4 is 28.5 Å². The molecule has 0 radical (unpaired) electrons. The molecule has 0 unspecified atom stereocenters. The number of methoxy groups -OCH3 is 2. The van der Waals surface area contributed by atoms with Gasteiger partial charge in [0.25, 0.3) is 0 Å². The topological polar surface area (TPSA) is 77.6 Å². The normalized spacial score (nSPS) is 10.8. The van der Waals surface area contributed by atoms with Gasteiger partial charge in [-0.05, 0) is 42.0 Å². The summed E-state index contributed by atoms with van der Waals surface area (Å²) in [6.07, 6.45) is 0. The summed E-state index contributed by atoms with van der Waals surface area (Å²) in [7, 11) is 2.67. The van der Waals surface area contributed by atoms with Crippen LogP contribution in [0.5, 0.6) is 5.75 Å². The lowest BCUT2D eigenvalue weighted by Gasteiger charge is -2.12. The highest BCUT2D eigenvalue weighted by atomic mass is 35.5. The number of carbonyl (C=O) groups is 1. The van der Waals surface area contributed by atoms with E-state index in [4.69, 9.17) is 25.8 Å². The molecule has 0 saturated heterocycles. The lowest BCUT2D eigenvalue weighted by atomic mass is 10.0. The van der Waals surface area contributed by atoms with E-state index in [9.17, 15) is 14.0 Å². The van der Waals surface area contributed by atoms with Gasteiger partial charge in [-0.25, -0.2) is 9.18 Å². The van der Waals surface area contributed by atoms with E-state index in [-0.39, 0.29) is 28.5 Å². The van der Waals surface area contributed by atoms with Gasteiger partial charge in [-0.3, -0.25) is 4.79 Å². The van der Waals surface area contributed by atoms with E-state index >= 15 is 0 Å². The number of aromatic amines is 1. The third-order valence-corrected chi connectivity index (χ3v) is 4.21. The molecule has 8 heteroatoms. The second-order valence-corrected chi connectivity index (χ2v) is 5.99. The number of carbonyl (C=O) groups excluding carboxylic acids is 1. The molecular formula is C19H15ClFNO5. The van der Waals surface area contributed by atoms with E-state index in [1.807, 2.05) is 0 Å². The van der Waals surface area contributed by atoms with E-state index < -0.39 is 17.2 Å². The van der Waals surface area contributed by atoms with Crippen molar-refractivity contribution in [1.29, 1.82) is 0 Å². The summed E-state index contributed by atoms with van der Waals surface area (Å²) in [5.41, 5.74) is 0.201. The molecule has 140 valence electrons. The first-order chi connectivity index (χ1) is 13.0. The molecule has 3 rings (SSSR count). The van der Waals surface area contributed by atoms with Crippen molar-refractivity contribution in [2.75, 3.05) is 21.0 Å². The fourth-order valence-electron chi connectivity index (χ4n) is 2.64. The number of pyridine rings is 1. The van der Waals surface area contributed by atoms with E-state index in [1.165, 1.54) is 20.3 Å². The summed E-state index contributed by atoms with van der Waals surface area (Å²) in [6, 6.07) is 8.95. The van der Waals surface area contributed by atoms with Crippen molar-refractivity contribution in [1.82, 2.24) is 4.98 Å². The van der Waals surface area contributed by atoms with E-state index in [2.05, 4.69) is 4.98 Å². The third-order valence-electron chi connectivity index (χ3n) is 3.92. The zero-order valence-electron chi connectivity index (χ0n) is 14.5. The van der Waals surface area contributed by atoms with E-state index in [0.29, 0.717) is 16.8 Å². The van der Waals surface area contributed by atoms with Crippen LogP contribution in [0.1, 0.15) is 10.4 Å². The molecule has 27 heavy (non-hydrogen) atoms. The number of halogens is 2. The highest BCUT2D eigenvalue weighted by Gasteiger charge is 2.21. The predicted molar refractivity (Wildman–Crippen MR) is 98.8 cm³/mol. The fourth-order valence-corrected chi connectivity index (χ4v) is 2.81. The van der Waals surface area contributed by atoms with Crippen molar-refractivity contribution in [3.05, 3.63) is 63.0 Å². The highest BCUT2D eigenvalue weighted by molar-refractivity contribution is 6.31. The van der Waals surface area contributed by atoms with Crippen LogP contribution >= 0.6 is 11.6 Å². The average molecular weight is 392 g/mol. The Morgan fingerprint density at radius 1 is 1.19 bits per heavy atom. The van der Waals surface area contributed by atoms with Gasteiger partial charge in [-0.1, -0.05) is 11.6 Å². The number of esters is 1. The number of fused-ring (bicyclic) bond motifs is 1. The largest absolute Gasteiger partial charge is 0.468 e. The number of ether oxygens (including phenoxy) is 3. The Balaban J connectivity index is 2.22. The van der Waals surface area contributed by atoms with Crippen LogP contribution in [0.15, 0.2) is 41.2 Å². The zero-order chi connectivity index (χ0) is 19.6. The van der Waals surface area contributed by atoms with Gasteiger partial charge in [0.15, 0.2) is 6.79 Å². The minimum atomic E-state index is -0.830. The number of aromatic nitrogens is 1. The molecule has 0 aliphatic heterocycles. The van der Waals surface area contributed by atoms with Gasteiger partial charge in [0.05, 0.1) is 23.3 Å². The summed E-state index contributed by atoms with van der Waals surface area (Å²) in [4.78, 5) is 28.0. The number of H-pyrrole nitrogens is 1. The van der Waals surface area contributed by atoms with E-state index in [0.717, 1.165) is 6.07 Å². The Morgan fingerprint density at radius 2 is 1.89 bits per heavy atom. The van der Waals surface area contributed by atoms with Gasteiger partial charge in [0, 0.05) is 12.5 Å². The minimum Gasteiger partial charge on any atom is -0.468 e. The maximum atomic E-state index is 13.8. The molecular weight excluding hydrogens is 377 g/mol. The minimum absolute atomic E-state index is 0.00102. The Morgan fingerprint density at radius 3 is 2.52 bits per heavy atom. The van der Waals surface area contributed by atoms with Crippen LogP contribution in [0.4, 0.5) is 4.39 Å². The molecule has 0 aliphatic carbocycles. The molecule has 3 aromatic rings. The monoisotopic (exact) mass is 391 g/mol.